The largest absolute Gasteiger partial charge is 0.385 e. The predicted octanol–water partition coefficient (Wildman–Crippen LogP) is 5.44. The second-order valence-corrected chi connectivity index (χ2v) is 6.09. The van der Waals surface area contributed by atoms with Crippen LogP contribution in [0.5, 0.6) is 0 Å². The Kier molecular flexibility index (Phi) is 7.20. The van der Waals surface area contributed by atoms with Gasteiger partial charge in [-0.1, -0.05) is 51.0 Å². The third-order valence-electron chi connectivity index (χ3n) is 4.18. The topological polar surface area (TPSA) is 55.2 Å². The van der Waals surface area contributed by atoms with Crippen molar-refractivity contribution < 1.29 is 4.92 Å². The normalized spacial score (nSPS) is 11.4. The van der Waals surface area contributed by atoms with E-state index in [0.29, 0.717) is 0 Å². The first kappa shape index (κ1) is 18.7. The van der Waals surface area contributed by atoms with Crippen molar-refractivity contribution >= 4 is 17.5 Å². The van der Waals surface area contributed by atoms with Gasteiger partial charge >= 0.3 is 0 Å². The number of nitrogens with one attached hydrogen (secondary N) is 1. The van der Waals surface area contributed by atoms with Gasteiger partial charge in [0, 0.05) is 24.4 Å². The summed E-state index contributed by atoms with van der Waals surface area (Å²) < 4.78 is 0. The maximum absolute atomic E-state index is 10.9. The number of hydrogen-bond donors (Lipinski definition) is 1. The van der Waals surface area contributed by atoms with Crippen LogP contribution in [0.3, 0.4) is 0 Å². The molecule has 0 aliphatic rings. The van der Waals surface area contributed by atoms with Crippen LogP contribution in [-0.2, 0) is 6.42 Å². The molecular formula is C21H26N2O2. The maximum atomic E-state index is 10.9. The summed E-state index contributed by atoms with van der Waals surface area (Å²) in [4.78, 5) is 10.5. The number of benzene rings is 2. The molecule has 0 radical (unpaired) electrons. The van der Waals surface area contributed by atoms with E-state index >= 15 is 0 Å². The van der Waals surface area contributed by atoms with Gasteiger partial charge in [-0.2, -0.15) is 0 Å². The van der Waals surface area contributed by atoms with Crippen LogP contribution in [0.1, 0.15) is 49.8 Å². The van der Waals surface area contributed by atoms with Gasteiger partial charge in [0.25, 0.3) is 5.69 Å². The number of nitro groups is 1. The minimum Gasteiger partial charge on any atom is -0.385 e. The summed E-state index contributed by atoms with van der Waals surface area (Å²) in [7, 11) is 0. The van der Waals surface area contributed by atoms with Gasteiger partial charge in [-0.15, -0.1) is 0 Å². The number of rotatable bonds is 9. The van der Waals surface area contributed by atoms with E-state index in [1.54, 1.807) is 24.3 Å². The van der Waals surface area contributed by atoms with Gasteiger partial charge in [0.1, 0.15) is 0 Å². The van der Waals surface area contributed by atoms with Crippen molar-refractivity contribution in [1.29, 1.82) is 0 Å². The van der Waals surface area contributed by atoms with Crippen molar-refractivity contribution in [3.8, 4) is 0 Å². The van der Waals surface area contributed by atoms with Crippen molar-refractivity contribution in [2.75, 3.05) is 6.54 Å². The van der Waals surface area contributed by atoms with E-state index < -0.39 is 0 Å². The van der Waals surface area contributed by atoms with E-state index in [0.717, 1.165) is 36.2 Å². The summed E-state index contributed by atoms with van der Waals surface area (Å²) in [5, 5.41) is 14.3. The van der Waals surface area contributed by atoms with E-state index in [9.17, 15) is 10.1 Å². The van der Waals surface area contributed by atoms with E-state index in [1.807, 2.05) is 0 Å². The average Bonchev–Trinajstić information content (AvgIpc) is 2.65. The van der Waals surface area contributed by atoms with Crippen molar-refractivity contribution in [2.24, 2.45) is 0 Å². The van der Waals surface area contributed by atoms with E-state index in [4.69, 9.17) is 0 Å². The van der Waals surface area contributed by atoms with Crippen LogP contribution in [0.25, 0.3) is 11.8 Å². The number of nitrogens with zero attached hydrogens (tertiary/aromatic N) is 1. The molecule has 2 rings (SSSR count). The fraction of sp³-hybridized carbons (Fsp3) is 0.333. The van der Waals surface area contributed by atoms with E-state index in [-0.39, 0.29) is 10.6 Å². The lowest BCUT2D eigenvalue weighted by molar-refractivity contribution is -0.384. The Morgan fingerprint density at radius 3 is 2.28 bits per heavy atom. The van der Waals surface area contributed by atoms with E-state index in [2.05, 4.69) is 49.5 Å². The Labute approximate surface area is 149 Å². The summed E-state index contributed by atoms with van der Waals surface area (Å²) in [6, 6.07) is 15.2. The molecule has 2 aromatic rings. The zero-order chi connectivity index (χ0) is 18.1. The third-order valence-corrected chi connectivity index (χ3v) is 4.18. The number of aryl methyl sites for hydroxylation is 1. The number of unbranched alkanes of at least 4 members (excludes halogenated alkanes) is 2. The lowest BCUT2D eigenvalue weighted by Gasteiger charge is -2.12. The standard InChI is InChI=1S/C21H26N2O2/c1-3-5-6-15-22-21(16-18-9-7-17(4-2)8-10-18)19-11-13-20(14-12-19)23(24)25/h7-14,16,22H,3-6,15H2,1-2H3. The van der Waals surface area contributed by atoms with Crippen LogP contribution in [0.2, 0.25) is 0 Å². The van der Waals surface area contributed by atoms with Crippen LogP contribution in [-0.4, -0.2) is 11.5 Å². The Morgan fingerprint density at radius 1 is 1.04 bits per heavy atom. The molecule has 0 fully saturated rings. The monoisotopic (exact) mass is 338 g/mol. The Balaban J connectivity index is 2.24. The molecule has 0 atom stereocenters. The molecule has 0 spiro atoms. The van der Waals surface area contributed by atoms with Gasteiger partial charge < -0.3 is 5.32 Å². The van der Waals surface area contributed by atoms with Crippen LogP contribution in [0.15, 0.2) is 48.5 Å². The molecule has 4 heteroatoms. The van der Waals surface area contributed by atoms with Gasteiger partial charge in [0.05, 0.1) is 4.92 Å². The summed E-state index contributed by atoms with van der Waals surface area (Å²) in [5.41, 5.74) is 4.50. The quantitative estimate of drug-likeness (QED) is 0.287. The molecule has 25 heavy (non-hydrogen) atoms. The van der Waals surface area contributed by atoms with Crippen LogP contribution in [0, 0.1) is 10.1 Å². The maximum Gasteiger partial charge on any atom is 0.269 e. The molecule has 0 heterocycles. The molecular weight excluding hydrogens is 312 g/mol. The van der Waals surface area contributed by atoms with Crippen molar-refractivity contribution in [2.45, 2.75) is 39.5 Å². The van der Waals surface area contributed by atoms with Gasteiger partial charge in [-0.3, -0.25) is 10.1 Å². The highest BCUT2D eigenvalue weighted by Gasteiger charge is 2.07. The lowest BCUT2D eigenvalue weighted by atomic mass is 10.1. The van der Waals surface area contributed by atoms with Crippen LogP contribution in [0.4, 0.5) is 5.69 Å². The third kappa shape index (κ3) is 5.75. The molecule has 0 aliphatic carbocycles. The fourth-order valence-electron chi connectivity index (χ4n) is 2.61. The molecule has 132 valence electrons. The highest BCUT2D eigenvalue weighted by Crippen LogP contribution is 2.20. The zero-order valence-electron chi connectivity index (χ0n) is 15.0. The van der Waals surface area contributed by atoms with Crippen LogP contribution >= 0.6 is 0 Å². The molecule has 0 unspecified atom stereocenters. The van der Waals surface area contributed by atoms with Gasteiger partial charge in [-0.25, -0.2) is 0 Å². The zero-order valence-corrected chi connectivity index (χ0v) is 15.0. The van der Waals surface area contributed by atoms with Gasteiger partial charge in [-0.05, 0) is 47.7 Å². The second-order valence-electron chi connectivity index (χ2n) is 6.09. The molecule has 1 N–H and O–H groups in total. The molecule has 2 aromatic carbocycles. The molecule has 0 saturated carbocycles. The minimum absolute atomic E-state index is 0.112. The molecule has 0 bridgehead atoms. The fourth-order valence-corrected chi connectivity index (χ4v) is 2.61. The Morgan fingerprint density at radius 2 is 1.72 bits per heavy atom. The molecule has 0 saturated heterocycles. The summed E-state index contributed by atoms with van der Waals surface area (Å²) >= 11 is 0. The van der Waals surface area contributed by atoms with Gasteiger partial charge in [0.2, 0.25) is 0 Å². The number of non-ortho nitro benzene ring substituents is 1. The van der Waals surface area contributed by atoms with Crippen molar-refractivity contribution in [3.05, 3.63) is 75.3 Å². The SMILES string of the molecule is CCCCCNC(=Cc1ccc(CC)cc1)c1ccc([N+](=O)[O-])cc1. The highest BCUT2D eigenvalue weighted by molar-refractivity contribution is 5.80. The lowest BCUT2D eigenvalue weighted by Crippen LogP contribution is -2.13. The summed E-state index contributed by atoms with van der Waals surface area (Å²) in [6.07, 6.45) is 6.60. The molecule has 0 aliphatic heterocycles. The van der Waals surface area contributed by atoms with Crippen molar-refractivity contribution in [3.63, 3.8) is 0 Å². The molecule has 0 aromatic heterocycles. The van der Waals surface area contributed by atoms with Crippen LogP contribution < -0.4 is 5.32 Å². The predicted molar refractivity (Wildman–Crippen MR) is 104 cm³/mol. The van der Waals surface area contributed by atoms with Crippen molar-refractivity contribution in [1.82, 2.24) is 5.32 Å². The Hall–Kier alpha value is -2.62. The molecule has 4 nitrogen and oxygen atoms in total. The second kappa shape index (κ2) is 9.62. The summed E-state index contributed by atoms with van der Waals surface area (Å²) in [5.74, 6) is 0. The molecule has 0 amide bonds. The van der Waals surface area contributed by atoms with Gasteiger partial charge in [0.15, 0.2) is 0 Å². The van der Waals surface area contributed by atoms with E-state index in [1.165, 1.54) is 18.4 Å². The number of nitro benzene ring substituents is 1. The smallest absolute Gasteiger partial charge is 0.269 e. The first-order valence-electron chi connectivity index (χ1n) is 8.93. The first-order valence-corrected chi connectivity index (χ1v) is 8.93. The Bertz CT molecular complexity index is 704. The number of hydrogen-bond acceptors (Lipinski definition) is 3. The first-order chi connectivity index (χ1) is 12.1. The summed E-state index contributed by atoms with van der Waals surface area (Å²) in [6.45, 7) is 5.22. The minimum atomic E-state index is -0.370. The highest BCUT2D eigenvalue weighted by atomic mass is 16.6. The average molecular weight is 338 g/mol.